The van der Waals surface area contributed by atoms with Gasteiger partial charge >= 0.3 is 6.18 Å². The zero-order chi connectivity index (χ0) is 17.2. The first-order valence-electron chi connectivity index (χ1n) is 6.67. The molecule has 0 atom stereocenters. The summed E-state index contributed by atoms with van der Waals surface area (Å²) in [5, 5.41) is 5.80. The summed E-state index contributed by atoms with van der Waals surface area (Å²) in [4.78, 5) is 21.6. The normalized spacial score (nSPS) is 11.4. The number of carbonyl (C=O) groups is 1. The van der Waals surface area contributed by atoms with Crippen LogP contribution in [0.15, 0.2) is 18.6 Å². The van der Waals surface area contributed by atoms with Gasteiger partial charge in [0.05, 0.1) is 24.3 Å². The molecule has 0 saturated carbocycles. The van der Waals surface area contributed by atoms with Crippen LogP contribution in [0.4, 0.5) is 24.7 Å². The maximum Gasteiger partial charge on any atom is 0.435 e. The number of hydrogen-bond acceptors (Lipinski definition) is 5. The SMILES string of the molecule is CCn1ncc(NC(=O)c2cnc(N(C)C)cn2)c1C(F)(F)F. The van der Waals surface area contributed by atoms with Crippen molar-refractivity contribution >= 4 is 17.4 Å². The summed E-state index contributed by atoms with van der Waals surface area (Å²) in [6.45, 7) is 1.56. The quantitative estimate of drug-likeness (QED) is 0.929. The molecule has 0 spiro atoms. The fourth-order valence-corrected chi connectivity index (χ4v) is 1.87. The Labute approximate surface area is 130 Å². The van der Waals surface area contributed by atoms with Gasteiger partial charge in [-0.2, -0.15) is 18.3 Å². The Bertz CT molecular complexity index is 693. The van der Waals surface area contributed by atoms with Gasteiger partial charge in [0.25, 0.3) is 5.91 Å². The molecule has 0 bridgehead atoms. The van der Waals surface area contributed by atoms with Crippen molar-refractivity contribution in [2.24, 2.45) is 0 Å². The number of carbonyl (C=O) groups excluding carboxylic acids is 1. The van der Waals surface area contributed by atoms with Crippen LogP contribution in [0.5, 0.6) is 0 Å². The average Bonchev–Trinajstić information content (AvgIpc) is 2.90. The van der Waals surface area contributed by atoms with Gasteiger partial charge in [-0.05, 0) is 6.92 Å². The zero-order valence-corrected chi connectivity index (χ0v) is 12.7. The van der Waals surface area contributed by atoms with Gasteiger partial charge in [-0.25, -0.2) is 9.97 Å². The highest BCUT2D eigenvalue weighted by atomic mass is 19.4. The van der Waals surface area contributed by atoms with Crippen molar-refractivity contribution in [1.82, 2.24) is 19.7 Å². The monoisotopic (exact) mass is 328 g/mol. The van der Waals surface area contributed by atoms with Crippen molar-refractivity contribution in [2.45, 2.75) is 19.6 Å². The van der Waals surface area contributed by atoms with E-state index in [4.69, 9.17) is 0 Å². The van der Waals surface area contributed by atoms with Crippen LogP contribution in [0.2, 0.25) is 0 Å². The maximum atomic E-state index is 13.1. The summed E-state index contributed by atoms with van der Waals surface area (Å²) in [5.41, 5.74) is -1.51. The first-order chi connectivity index (χ1) is 10.7. The van der Waals surface area contributed by atoms with Crippen molar-refractivity contribution < 1.29 is 18.0 Å². The number of amides is 1. The van der Waals surface area contributed by atoms with Gasteiger partial charge in [0.15, 0.2) is 5.69 Å². The van der Waals surface area contributed by atoms with Crippen LogP contribution in [0.25, 0.3) is 0 Å². The summed E-state index contributed by atoms with van der Waals surface area (Å²) in [7, 11) is 3.50. The third-order valence-corrected chi connectivity index (χ3v) is 2.98. The van der Waals surface area contributed by atoms with E-state index >= 15 is 0 Å². The van der Waals surface area contributed by atoms with Crippen LogP contribution in [-0.4, -0.2) is 39.8 Å². The zero-order valence-electron chi connectivity index (χ0n) is 12.7. The van der Waals surface area contributed by atoms with E-state index in [2.05, 4.69) is 20.4 Å². The molecule has 1 amide bonds. The van der Waals surface area contributed by atoms with Gasteiger partial charge < -0.3 is 10.2 Å². The van der Waals surface area contributed by atoms with Crippen LogP contribution in [0, 0.1) is 0 Å². The highest BCUT2D eigenvalue weighted by molar-refractivity contribution is 6.03. The Balaban J connectivity index is 2.25. The lowest BCUT2D eigenvalue weighted by Gasteiger charge is -2.12. The molecule has 2 aromatic rings. The van der Waals surface area contributed by atoms with Crippen LogP contribution >= 0.6 is 0 Å². The summed E-state index contributed by atoms with van der Waals surface area (Å²) in [6, 6.07) is 0. The number of anilines is 2. The molecule has 2 heterocycles. The molecule has 23 heavy (non-hydrogen) atoms. The van der Waals surface area contributed by atoms with Crippen molar-refractivity contribution in [2.75, 3.05) is 24.3 Å². The Hall–Kier alpha value is -2.65. The molecule has 2 rings (SSSR count). The highest BCUT2D eigenvalue weighted by Crippen LogP contribution is 2.34. The highest BCUT2D eigenvalue weighted by Gasteiger charge is 2.38. The van der Waals surface area contributed by atoms with Crippen molar-refractivity contribution in [3.8, 4) is 0 Å². The number of alkyl halides is 3. The van der Waals surface area contributed by atoms with E-state index in [0.29, 0.717) is 5.82 Å². The Morgan fingerprint density at radius 3 is 2.43 bits per heavy atom. The summed E-state index contributed by atoms with van der Waals surface area (Å²) >= 11 is 0. The molecule has 0 unspecified atom stereocenters. The second-order valence-corrected chi connectivity index (χ2v) is 4.83. The lowest BCUT2D eigenvalue weighted by Crippen LogP contribution is -2.20. The fourth-order valence-electron chi connectivity index (χ4n) is 1.87. The third-order valence-electron chi connectivity index (χ3n) is 2.98. The Morgan fingerprint density at radius 1 is 1.26 bits per heavy atom. The first kappa shape index (κ1) is 16.7. The first-order valence-corrected chi connectivity index (χ1v) is 6.67. The standard InChI is InChI=1S/C13H15F3N6O/c1-4-22-11(13(14,15)16)8(6-19-22)20-12(23)9-5-18-10(7-17-9)21(2)3/h5-7H,4H2,1-3H3,(H,20,23). The number of aryl methyl sites for hydroxylation is 1. The maximum absolute atomic E-state index is 13.1. The molecule has 0 fully saturated rings. The molecular formula is C13H15F3N6O. The summed E-state index contributed by atoms with van der Waals surface area (Å²) in [6.07, 6.45) is -1.11. The number of rotatable bonds is 4. The number of hydrogen-bond donors (Lipinski definition) is 1. The Kier molecular flexibility index (Phi) is 4.52. The molecule has 0 aliphatic heterocycles. The number of halogens is 3. The lowest BCUT2D eigenvalue weighted by atomic mass is 10.3. The summed E-state index contributed by atoms with van der Waals surface area (Å²) < 4.78 is 40.0. The van der Waals surface area contributed by atoms with Gasteiger partial charge in [-0.15, -0.1) is 0 Å². The van der Waals surface area contributed by atoms with Crippen LogP contribution in [0.3, 0.4) is 0 Å². The minimum Gasteiger partial charge on any atom is -0.361 e. The molecule has 124 valence electrons. The third kappa shape index (κ3) is 3.58. The number of nitrogens with one attached hydrogen (secondary N) is 1. The van der Waals surface area contributed by atoms with E-state index in [1.54, 1.807) is 19.0 Å². The van der Waals surface area contributed by atoms with Crippen LogP contribution < -0.4 is 10.2 Å². The topological polar surface area (TPSA) is 75.9 Å². The molecule has 10 heteroatoms. The van der Waals surface area contributed by atoms with Crippen molar-refractivity contribution in [3.05, 3.63) is 30.0 Å². The number of nitrogens with zero attached hydrogens (tertiary/aromatic N) is 5. The van der Waals surface area contributed by atoms with E-state index < -0.39 is 23.5 Å². The average molecular weight is 328 g/mol. The molecule has 2 aromatic heterocycles. The predicted molar refractivity (Wildman–Crippen MR) is 77.2 cm³/mol. The molecule has 7 nitrogen and oxygen atoms in total. The summed E-state index contributed by atoms with van der Waals surface area (Å²) in [5.74, 6) is -0.264. The predicted octanol–water partition coefficient (Wildman–Crippen LogP) is 2.03. The van der Waals surface area contributed by atoms with Crippen LogP contribution in [-0.2, 0) is 12.7 Å². The van der Waals surface area contributed by atoms with E-state index in [1.165, 1.54) is 19.3 Å². The Morgan fingerprint density at radius 2 is 1.96 bits per heavy atom. The van der Waals surface area contributed by atoms with E-state index in [0.717, 1.165) is 10.9 Å². The van der Waals surface area contributed by atoms with Gasteiger partial charge in [-0.3, -0.25) is 9.48 Å². The van der Waals surface area contributed by atoms with Gasteiger partial charge in [0, 0.05) is 20.6 Å². The second-order valence-electron chi connectivity index (χ2n) is 4.83. The minimum atomic E-state index is -4.63. The largest absolute Gasteiger partial charge is 0.435 e. The van der Waals surface area contributed by atoms with Gasteiger partial charge in [-0.1, -0.05) is 0 Å². The van der Waals surface area contributed by atoms with Crippen LogP contribution in [0.1, 0.15) is 23.1 Å². The van der Waals surface area contributed by atoms with E-state index in [-0.39, 0.29) is 12.2 Å². The molecule has 0 aromatic carbocycles. The molecule has 1 N–H and O–H groups in total. The van der Waals surface area contributed by atoms with Crippen molar-refractivity contribution in [1.29, 1.82) is 0 Å². The van der Waals surface area contributed by atoms with Gasteiger partial charge in [0.1, 0.15) is 11.5 Å². The van der Waals surface area contributed by atoms with Gasteiger partial charge in [0.2, 0.25) is 0 Å². The van der Waals surface area contributed by atoms with E-state index in [1.807, 2.05) is 0 Å². The van der Waals surface area contributed by atoms with Crippen molar-refractivity contribution in [3.63, 3.8) is 0 Å². The lowest BCUT2D eigenvalue weighted by molar-refractivity contribution is -0.143. The molecule has 0 saturated heterocycles. The molecule has 0 radical (unpaired) electrons. The molecule has 0 aliphatic rings. The molecular weight excluding hydrogens is 313 g/mol. The smallest absolute Gasteiger partial charge is 0.361 e. The van der Waals surface area contributed by atoms with E-state index in [9.17, 15) is 18.0 Å². The molecule has 0 aliphatic carbocycles. The second kappa shape index (κ2) is 6.23. The minimum absolute atomic E-state index is 0.0298. The fraction of sp³-hybridized carbons (Fsp3) is 0.385. The number of aromatic nitrogens is 4.